The number of nitrogens with zero attached hydrogens (tertiary/aromatic N) is 3. The number of imidazole rings is 1. The van der Waals surface area contributed by atoms with Crippen molar-refractivity contribution < 1.29 is 0 Å². The number of hydrogen-bond donors (Lipinski definition) is 1. The van der Waals surface area contributed by atoms with Gasteiger partial charge in [0.15, 0.2) is 11.5 Å². The van der Waals surface area contributed by atoms with E-state index < -0.39 is 0 Å². The van der Waals surface area contributed by atoms with Crippen LogP contribution in [0.4, 0.5) is 5.82 Å². The van der Waals surface area contributed by atoms with Crippen molar-refractivity contribution >= 4 is 24.9 Å². The molecule has 2 radical (unpaired) electrons. The highest BCUT2D eigenvalue weighted by Crippen LogP contribution is 2.03. The SMILES string of the molecule is [B]c1cn2ccnc2c(N)n1. The van der Waals surface area contributed by atoms with Crippen molar-refractivity contribution in [3.8, 4) is 0 Å². The third-order valence-electron chi connectivity index (χ3n) is 1.42. The summed E-state index contributed by atoms with van der Waals surface area (Å²) < 4.78 is 1.73. The van der Waals surface area contributed by atoms with Crippen LogP contribution < -0.4 is 11.3 Å². The summed E-state index contributed by atoms with van der Waals surface area (Å²) in [5.41, 5.74) is 6.56. The molecule has 2 heterocycles. The molecule has 0 aliphatic heterocycles. The Balaban J connectivity index is 2.91. The van der Waals surface area contributed by atoms with Crippen LogP contribution in [0.1, 0.15) is 0 Å². The Hall–Kier alpha value is -1.52. The quantitative estimate of drug-likeness (QED) is 0.487. The molecule has 0 amide bonds. The average molecular weight is 144 g/mol. The van der Waals surface area contributed by atoms with Crippen LogP contribution in [-0.2, 0) is 0 Å². The topological polar surface area (TPSA) is 56.2 Å². The molecule has 0 aromatic carbocycles. The monoisotopic (exact) mass is 144 g/mol. The van der Waals surface area contributed by atoms with Gasteiger partial charge in [0.05, 0.1) is 0 Å². The Labute approximate surface area is 64.5 Å². The van der Waals surface area contributed by atoms with Gasteiger partial charge >= 0.3 is 0 Å². The number of anilines is 1. The number of rotatable bonds is 0. The van der Waals surface area contributed by atoms with E-state index in [0.29, 0.717) is 17.1 Å². The summed E-state index contributed by atoms with van der Waals surface area (Å²) in [4.78, 5) is 7.83. The summed E-state index contributed by atoms with van der Waals surface area (Å²) in [6, 6.07) is 0. The molecule has 0 aliphatic rings. The highest BCUT2D eigenvalue weighted by atomic mass is 15.0. The minimum atomic E-state index is 0.356. The molecule has 11 heavy (non-hydrogen) atoms. The normalized spacial score (nSPS) is 10.5. The van der Waals surface area contributed by atoms with E-state index in [-0.39, 0.29) is 0 Å². The fourth-order valence-electron chi connectivity index (χ4n) is 0.976. The van der Waals surface area contributed by atoms with E-state index in [0.717, 1.165) is 0 Å². The predicted molar refractivity (Wildman–Crippen MR) is 42.8 cm³/mol. The lowest BCUT2D eigenvalue weighted by molar-refractivity contribution is 1.16. The fourth-order valence-corrected chi connectivity index (χ4v) is 0.976. The Kier molecular flexibility index (Phi) is 1.12. The fraction of sp³-hybridized carbons (Fsp3) is 0. The molecule has 0 saturated carbocycles. The van der Waals surface area contributed by atoms with Crippen LogP contribution in [0.25, 0.3) is 5.65 Å². The van der Waals surface area contributed by atoms with Gasteiger partial charge in [0.1, 0.15) is 7.85 Å². The molecule has 52 valence electrons. The molecule has 0 bridgehead atoms. The first kappa shape index (κ1) is 6.21. The van der Waals surface area contributed by atoms with Gasteiger partial charge in [-0.2, -0.15) is 0 Å². The number of nitrogen functional groups attached to an aromatic ring is 1. The summed E-state index contributed by atoms with van der Waals surface area (Å²) in [6.07, 6.45) is 5.08. The minimum absolute atomic E-state index is 0.356. The molecule has 2 N–H and O–H groups in total. The molecule has 4 nitrogen and oxygen atoms in total. The van der Waals surface area contributed by atoms with Crippen molar-refractivity contribution in [3.63, 3.8) is 0 Å². The predicted octanol–water partition coefficient (Wildman–Crippen LogP) is -0.895. The molecule has 0 spiro atoms. The lowest BCUT2D eigenvalue weighted by Gasteiger charge is -1.98. The van der Waals surface area contributed by atoms with E-state index in [2.05, 4.69) is 9.97 Å². The first-order chi connectivity index (χ1) is 5.27. The number of hydrogen-bond acceptors (Lipinski definition) is 3. The second-order valence-corrected chi connectivity index (χ2v) is 2.21. The van der Waals surface area contributed by atoms with Gasteiger partial charge < -0.3 is 10.1 Å². The molecule has 0 saturated heterocycles. The number of aromatic nitrogens is 3. The van der Waals surface area contributed by atoms with Gasteiger partial charge in [-0.3, -0.25) is 0 Å². The largest absolute Gasteiger partial charge is 0.381 e. The summed E-state index contributed by atoms with van der Waals surface area (Å²) in [5.74, 6) is 0.356. The smallest absolute Gasteiger partial charge is 0.179 e. The van der Waals surface area contributed by atoms with Crippen molar-refractivity contribution in [1.29, 1.82) is 0 Å². The van der Waals surface area contributed by atoms with Crippen LogP contribution in [0.5, 0.6) is 0 Å². The van der Waals surface area contributed by atoms with Gasteiger partial charge in [0, 0.05) is 24.2 Å². The van der Waals surface area contributed by atoms with Gasteiger partial charge in [0.25, 0.3) is 0 Å². The summed E-state index contributed by atoms with van der Waals surface area (Å²) in [5, 5.41) is 0. The maximum Gasteiger partial charge on any atom is 0.179 e. The molecule has 0 fully saturated rings. The number of nitrogens with two attached hydrogens (primary N) is 1. The van der Waals surface area contributed by atoms with E-state index >= 15 is 0 Å². The van der Waals surface area contributed by atoms with E-state index in [9.17, 15) is 0 Å². The van der Waals surface area contributed by atoms with Crippen LogP contribution >= 0.6 is 0 Å². The zero-order valence-electron chi connectivity index (χ0n) is 5.73. The highest BCUT2D eigenvalue weighted by molar-refractivity contribution is 6.30. The second kappa shape index (κ2) is 1.98. The Morgan fingerprint density at radius 1 is 1.55 bits per heavy atom. The zero-order valence-corrected chi connectivity index (χ0v) is 5.73. The standard InChI is InChI=1S/C6H5BN4/c7-4-3-11-2-1-9-6(11)5(8)10-4/h1-3H,(H2,8,10). The van der Waals surface area contributed by atoms with Crippen molar-refractivity contribution in [2.24, 2.45) is 0 Å². The summed E-state index contributed by atoms with van der Waals surface area (Å²) in [6.45, 7) is 0. The van der Waals surface area contributed by atoms with Gasteiger partial charge in [-0.15, -0.1) is 0 Å². The molecular weight excluding hydrogens is 139 g/mol. The van der Waals surface area contributed by atoms with Crippen molar-refractivity contribution in [2.75, 3.05) is 5.73 Å². The summed E-state index contributed by atoms with van der Waals surface area (Å²) in [7, 11) is 5.44. The molecule has 0 aliphatic carbocycles. The van der Waals surface area contributed by atoms with E-state index in [1.165, 1.54) is 0 Å². The Bertz CT molecular complexity index is 394. The Morgan fingerprint density at radius 2 is 2.36 bits per heavy atom. The van der Waals surface area contributed by atoms with Crippen molar-refractivity contribution in [1.82, 2.24) is 14.4 Å². The zero-order chi connectivity index (χ0) is 7.84. The molecular formula is C6H5BN4. The Morgan fingerprint density at radius 3 is 3.18 bits per heavy atom. The molecule has 0 atom stereocenters. The maximum absolute atomic E-state index is 5.53. The van der Waals surface area contributed by atoms with E-state index in [1.54, 1.807) is 23.0 Å². The van der Waals surface area contributed by atoms with Crippen molar-refractivity contribution in [3.05, 3.63) is 18.6 Å². The van der Waals surface area contributed by atoms with E-state index in [1.807, 2.05) is 0 Å². The molecule has 2 rings (SSSR count). The van der Waals surface area contributed by atoms with Gasteiger partial charge in [-0.05, 0) is 0 Å². The van der Waals surface area contributed by atoms with Crippen molar-refractivity contribution in [2.45, 2.75) is 0 Å². The second-order valence-electron chi connectivity index (χ2n) is 2.21. The first-order valence-electron chi connectivity index (χ1n) is 3.12. The third kappa shape index (κ3) is 0.850. The summed E-state index contributed by atoms with van der Waals surface area (Å²) >= 11 is 0. The van der Waals surface area contributed by atoms with E-state index in [4.69, 9.17) is 13.6 Å². The van der Waals surface area contributed by atoms with Crippen LogP contribution in [0.15, 0.2) is 18.6 Å². The maximum atomic E-state index is 5.53. The molecule has 5 heteroatoms. The lowest BCUT2D eigenvalue weighted by Crippen LogP contribution is -2.13. The highest BCUT2D eigenvalue weighted by Gasteiger charge is 1.99. The van der Waals surface area contributed by atoms with Crippen LogP contribution in [0.3, 0.4) is 0 Å². The lowest BCUT2D eigenvalue weighted by atomic mass is 10.1. The van der Waals surface area contributed by atoms with Crippen LogP contribution in [-0.4, -0.2) is 22.2 Å². The average Bonchev–Trinajstić information content (AvgIpc) is 2.34. The van der Waals surface area contributed by atoms with Gasteiger partial charge in [0.2, 0.25) is 0 Å². The minimum Gasteiger partial charge on any atom is -0.381 e. The van der Waals surface area contributed by atoms with Crippen LogP contribution in [0, 0.1) is 0 Å². The third-order valence-corrected chi connectivity index (χ3v) is 1.42. The van der Waals surface area contributed by atoms with Crippen LogP contribution in [0.2, 0.25) is 0 Å². The molecule has 2 aromatic heterocycles. The molecule has 2 aromatic rings. The van der Waals surface area contributed by atoms with Gasteiger partial charge in [-0.25, -0.2) is 9.97 Å². The van der Waals surface area contributed by atoms with Gasteiger partial charge in [-0.1, -0.05) is 0 Å². The number of fused-ring (bicyclic) bond motifs is 1. The first-order valence-corrected chi connectivity index (χ1v) is 3.12. The molecule has 0 unspecified atom stereocenters.